The van der Waals surface area contributed by atoms with Crippen LogP contribution >= 0.6 is 0 Å². The summed E-state index contributed by atoms with van der Waals surface area (Å²) in [4.78, 5) is 26.3. The van der Waals surface area contributed by atoms with Crippen LogP contribution in [0.2, 0.25) is 0 Å². The summed E-state index contributed by atoms with van der Waals surface area (Å²) in [7, 11) is 0. The van der Waals surface area contributed by atoms with Gasteiger partial charge in [-0.05, 0) is 83.7 Å². The summed E-state index contributed by atoms with van der Waals surface area (Å²) in [5.74, 6) is -0.211. The van der Waals surface area contributed by atoms with Gasteiger partial charge in [0.25, 0.3) is 0 Å². The molecule has 0 amide bonds. The fraction of sp³-hybridized carbons (Fsp3) is 0.548. The molecule has 4 unspecified atom stereocenters. The van der Waals surface area contributed by atoms with E-state index in [1.54, 1.807) is 0 Å². The normalized spacial score (nSPS) is 24.5. The average molecular weight is 477 g/mol. The Hall–Kier alpha value is -2.62. The summed E-state index contributed by atoms with van der Waals surface area (Å²) >= 11 is 0. The van der Waals surface area contributed by atoms with Crippen LogP contribution in [-0.2, 0) is 20.3 Å². The lowest BCUT2D eigenvalue weighted by Gasteiger charge is -2.39. The van der Waals surface area contributed by atoms with Gasteiger partial charge in [-0.25, -0.2) is 9.59 Å². The zero-order valence-electron chi connectivity index (χ0n) is 22.1. The maximum atomic E-state index is 13.1. The van der Waals surface area contributed by atoms with Crippen LogP contribution in [0.5, 0.6) is 0 Å². The Morgan fingerprint density at radius 1 is 0.600 bits per heavy atom. The number of ether oxygens (including phenoxy) is 2. The van der Waals surface area contributed by atoms with Crippen molar-refractivity contribution in [3.05, 3.63) is 70.8 Å². The van der Waals surface area contributed by atoms with E-state index < -0.39 is 12.2 Å². The highest BCUT2D eigenvalue weighted by Gasteiger charge is 2.46. The van der Waals surface area contributed by atoms with Gasteiger partial charge in [0.1, 0.15) is 12.2 Å². The van der Waals surface area contributed by atoms with Gasteiger partial charge in [-0.2, -0.15) is 0 Å². The fourth-order valence-electron chi connectivity index (χ4n) is 5.48. The molecule has 2 aromatic carbocycles. The first-order valence-corrected chi connectivity index (χ1v) is 13.1. The topological polar surface area (TPSA) is 52.6 Å². The van der Waals surface area contributed by atoms with Crippen LogP contribution in [-0.4, -0.2) is 24.1 Å². The smallest absolute Gasteiger partial charge is 0.338 e. The maximum Gasteiger partial charge on any atom is 0.338 e. The SMILES string of the molecule is CC(C)(C)c1ccc(C(=O)OC2C3CCCC(CC3)C2OC(=O)c2ccc(C(C)(C)C)cc2)cc1. The highest BCUT2D eigenvalue weighted by Crippen LogP contribution is 2.43. The molecule has 35 heavy (non-hydrogen) atoms. The first kappa shape index (κ1) is 25.5. The van der Waals surface area contributed by atoms with Crippen molar-refractivity contribution in [3.63, 3.8) is 0 Å². The van der Waals surface area contributed by atoms with Gasteiger partial charge in [-0.1, -0.05) is 72.2 Å². The summed E-state index contributed by atoms with van der Waals surface area (Å²) in [6, 6.07) is 15.4. The van der Waals surface area contributed by atoms with Crippen LogP contribution < -0.4 is 0 Å². The molecule has 0 spiro atoms. The van der Waals surface area contributed by atoms with Gasteiger partial charge in [0.2, 0.25) is 0 Å². The Morgan fingerprint density at radius 3 is 1.26 bits per heavy atom. The second kappa shape index (κ2) is 9.79. The van der Waals surface area contributed by atoms with Crippen molar-refractivity contribution < 1.29 is 19.1 Å². The summed E-state index contributed by atoms with van der Waals surface area (Å²) in [5, 5.41) is 0. The molecule has 4 nitrogen and oxygen atoms in total. The number of carbonyl (C=O) groups is 2. The number of rotatable bonds is 4. The molecule has 5 rings (SSSR count). The lowest BCUT2D eigenvalue weighted by Crippen LogP contribution is -2.47. The summed E-state index contributed by atoms with van der Waals surface area (Å²) < 4.78 is 12.2. The summed E-state index contributed by atoms with van der Waals surface area (Å²) in [5.41, 5.74) is 3.47. The predicted molar refractivity (Wildman–Crippen MR) is 139 cm³/mol. The van der Waals surface area contributed by atoms with Crippen molar-refractivity contribution in [2.45, 2.75) is 96.7 Å². The molecule has 4 heteroatoms. The first-order chi connectivity index (χ1) is 16.4. The molecule has 0 radical (unpaired) electrons. The molecule has 3 fully saturated rings. The lowest BCUT2D eigenvalue weighted by molar-refractivity contribution is -0.0901. The largest absolute Gasteiger partial charge is 0.455 e. The quantitative estimate of drug-likeness (QED) is 0.436. The molecule has 188 valence electrons. The minimum absolute atomic E-state index is 0.0211. The van der Waals surface area contributed by atoms with Gasteiger partial charge in [0, 0.05) is 0 Å². The summed E-state index contributed by atoms with van der Waals surface area (Å²) in [6.07, 6.45) is 4.32. The van der Waals surface area contributed by atoms with Gasteiger partial charge in [-0.15, -0.1) is 0 Å². The van der Waals surface area contributed by atoms with E-state index in [4.69, 9.17) is 9.47 Å². The van der Waals surface area contributed by atoms with Crippen LogP contribution in [0.3, 0.4) is 0 Å². The van der Waals surface area contributed by atoms with Crippen LogP contribution in [0.15, 0.2) is 48.5 Å². The Morgan fingerprint density at radius 2 is 0.943 bits per heavy atom. The highest BCUT2D eigenvalue weighted by molar-refractivity contribution is 5.90. The fourth-order valence-corrected chi connectivity index (χ4v) is 5.48. The van der Waals surface area contributed by atoms with Crippen LogP contribution in [0, 0.1) is 11.8 Å². The number of hydrogen-bond donors (Lipinski definition) is 0. The third-order valence-corrected chi connectivity index (χ3v) is 7.77. The molecule has 0 aromatic heterocycles. The number of fused-ring (bicyclic) bond motifs is 4. The van der Waals surface area contributed by atoms with Gasteiger partial charge in [0.15, 0.2) is 0 Å². The molecule has 0 aliphatic heterocycles. The van der Waals surface area contributed by atoms with E-state index in [2.05, 4.69) is 41.5 Å². The second-order valence-electron chi connectivity index (χ2n) is 12.4. The standard InChI is InChI=1S/C31H40O4/c1-30(2,3)24-16-12-22(13-17-24)28(32)34-26-20-8-7-9-21(11-10-20)27(26)35-29(33)23-14-18-25(19-15-23)31(4,5)6/h12-21,26-27H,7-11H2,1-6H3. The third kappa shape index (κ3) is 5.79. The molecule has 2 aromatic rings. The monoisotopic (exact) mass is 476 g/mol. The Bertz CT molecular complexity index is 948. The third-order valence-electron chi connectivity index (χ3n) is 7.77. The number of hydrogen-bond acceptors (Lipinski definition) is 4. The van der Waals surface area contributed by atoms with Crippen LogP contribution in [0.4, 0.5) is 0 Å². The molecule has 4 atom stereocenters. The van der Waals surface area contributed by atoms with Gasteiger partial charge in [0.05, 0.1) is 11.1 Å². The van der Waals surface area contributed by atoms with E-state index in [1.165, 1.54) is 11.1 Å². The minimum Gasteiger partial charge on any atom is -0.455 e. The minimum atomic E-state index is -0.399. The highest BCUT2D eigenvalue weighted by atomic mass is 16.6. The zero-order valence-corrected chi connectivity index (χ0v) is 22.1. The zero-order chi connectivity index (χ0) is 25.4. The Balaban J connectivity index is 1.51. The van der Waals surface area contributed by atoms with Gasteiger partial charge in [-0.3, -0.25) is 0 Å². The Labute approximate surface area is 210 Å². The molecule has 0 N–H and O–H groups in total. The molecular weight excluding hydrogens is 436 g/mol. The van der Waals surface area contributed by atoms with Crippen molar-refractivity contribution >= 4 is 11.9 Å². The molecule has 3 aliphatic rings. The molecule has 2 bridgehead atoms. The Kier molecular flexibility index (Phi) is 7.13. The van der Waals surface area contributed by atoms with Crippen LogP contribution in [0.25, 0.3) is 0 Å². The number of esters is 2. The van der Waals surface area contributed by atoms with E-state index in [0.29, 0.717) is 11.1 Å². The molecule has 0 heterocycles. The molecular formula is C31H40O4. The maximum absolute atomic E-state index is 13.1. The van der Waals surface area contributed by atoms with E-state index in [-0.39, 0.29) is 34.6 Å². The first-order valence-electron chi connectivity index (χ1n) is 13.1. The molecule has 3 aliphatic carbocycles. The molecule has 0 saturated heterocycles. The van der Waals surface area contributed by atoms with Crippen LogP contribution in [0.1, 0.15) is 105 Å². The van der Waals surface area contributed by atoms with E-state index >= 15 is 0 Å². The van der Waals surface area contributed by atoms with Gasteiger partial charge >= 0.3 is 11.9 Å². The van der Waals surface area contributed by atoms with Crippen molar-refractivity contribution in [1.29, 1.82) is 0 Å². The molecule has 3 saturated carbocycles. The van der Waals surface area contributed by atoms with Crippen molar-refractivity contribution in [3.8, 4) is 0 Å². The van der Waals surface area contributed by atoms with E-state index in [1.807, 2.05) is 48.5 Å². The number of benzene rings is 2. The van der Waals surface area contributed by atoms with Crippen molar-refractivity contribution in [2.24, 2.45) is 11.8 Å². The van der Waals surface area contributed by atoms with E-state index in [9.17, 15) is 9.59 Å². The lowest BCUT2D eigenvalue weighted by atomic mass is 9.79. The number of carbonyl (C=O) groups excluding carboxylic acids is 2. The predicted octanol–water partition coefficient (Wildman–Crippen LogP) is 7.24. The second-order valence-corrected chi connectivity index (χ2v) is 12.4. The van der Waals surface area contributed by atoms with Gasteiger partial charge < -0.3 is 9.47 Å². The van der Waals surface area contributed by atoms with E-state index in [0.717, 1.165) is 32.1 Å². The van der Waals surface area contributed by atoms with Crippen molar-refractivity contribution in [2.75, 3.05) is 0 Å². The summed E-state index contributed by atoms with van der Waals surface area (Å²) in [6.45, 7) is 12.9. The average Bonchev–Trinajstić information content (AvgIpc) is 3.13. The van der Waals surface area contributed by atoms with Crippen molar-refractivity contribution in [1.82, 2.24) is 0 Å².